The molecule has 0 aromatic carbocycles. The van der Waals surface area contributed by atoms with Crippen LogP contribution in [-0.4, -0.2) is 29.4 Å². The lowest BCUT2D eigenvalue weighted by atomic mass is 9.96. The highest BCUT2D eigenvalue weighted by atomic mass is 16.6. The van der Waals surface area contributed by atoms with Crippen molar-refractivity contribution in [3.05, 3.63) is 0 Å². The Balaban J connectivity index is 1.88. The zero-order valence-corrected chi connectivity index (χ0v) is 6.12. The molecule has 0 spiro atoms. The Morgan fingerprint density at radius 3 is 3.09 bits per heavy atom. The lowest BCUT2D eigenvalue weighted by Gasteiger charge is -2.17. The number of hydrogen-bond donors (Lipinski definition) is 2. The zero-order valence-electron chi connectivity index (χ0n) is 6.12. The van der Waals surface area contributed by atoms with Crippen molar-refractivity contribution in [3.8, 4) is 0 Å². The van der Waals surface area contributed by atoms with E-state index in [1.165, 1.54) is 0 Å². The molecule has 1 heterocycles. The minimum absolute atomic E-state index is 0.0475. The summed E-state index contributed by atoms with van der Waals surface area (Å²) in [5, 5.41) is 10.9. The van der Waals surface area contributed by atoms with E-state index in [4.69, 9.17) is 9.84 Å². The fraction of sp³-hybridized carbons (Fsp3) is 0.857. The predicted molar refractivity (Wildman–Crippen MR) is 37.5 cm³/mol. The van der Waals surface area contributed by atoms with Crippen molar-refractivity contribution in [2.24, 2.45) is 0 Å². The van der Waals surface area contributed by atoms with Gasteiger partial charge in [0, 0.05) is 0 Å². The van der Waals surface area contributed by atoms with Crippen LogP contribution in [0.25, 0.3) is 0 Å². The fourth-order valence-electron chi connectivity index (χ4n) is 1.76. The fourth-order valence-corrected chi connectivity index (χ4v) is 1.76. The van der Waals surface area contributed by atoms with Crippen molar-refractivity contribution in [1.29, 1.82) is 0 Å². The molecule has 3 atom stereocenters. The molecule has 0 radical (unpaired) electrons. The highest BCUT2D eigenvalue weighted by Gasteiger charge is 2.47. The van der Waals surface area contributed by atoms with Gasteiger partial charge in [0.25, 0.3) is 0 Å². The SMILES string of the molecule is O=C(O)NC1CCC[C@H]2O[C@@H]12. The summed E-state index contributed by atoms with van der Waals surface area (Å²) in [6.45, 7) is 0. The second-order valence-corrected chi connectivity index (χ2v) is 3.13. The van der Waals surface area contributed by atoms with Gasteiger partial charge in [0.05, 0.1) is 12.1 Å². The van der Waals surface area contributed by atoms with E-state index in [1.54, 1.807) is 0 Å². The molecular weight excluding hydrogens is 146 g/mol. The third-order valence-corrected chi connectivity index (χ3v) is 2.33. The normalized spacial score (nSPS) is 40.9. The molecule has 1 saturated carbocycles. The number of fused-ring (bicyclic) bond motifs is 1. The molecule has 2 aliphatic rings. The average Bonchev–Trinajstić information content (AvgIpc) is 2.65. The van der Waals surface area contributed by atoms with Gasteiger partial charge in [0.15, 0.2) is 0 Å². The number of nitrogens with one attached hydrogen (secondary N) is 1. The molecule has 1 unspecified atom stereocenters. The monoisotopic (exact) mass is 157 g/mol. The van der Waals surface area contributed by atoms with Crippen LogP contribution in [0.2, 0.25) is 0 Å². The van der Waals surface area contributed by atoms with E-state index in [1.807, 2.05) is 0 Å². The number of ether oxygens (including phenoxy) is 1. The summed E-state index contributed by atoms with van der Waals surface area (Å²) in [5.41, 5.74) is 0. The Kier molecular flexibility index (Phi) is 1.49. The molecule has 0 aromatic heterocycles. The third kappa shape index (κ3) is 1.30. The van der Waals surface area contributed by atoms with E-state index in [9.17, 15) is 4.79 Å². The minimum Gasteiger partial charge on any atom is -0.465 e. The first-order chi connectivity index (χ1) is 5.27. The number of rotatable bonds is 1. The predicted octanol–water partition coefficient (Wildman–Crippen LogP) is 0.574. The highest BCUT2D eigenvalue weighted by Crippen LogP contribution is 2.36. The molecule has 0 aromatic rings. The molecule has 0 bridgehead atoms. The van der Waals surface area contributed by atoms with Gasteiger partial charge in [0.2, 0.25) is 0 Å². The molecule has 62 valence electrons. The molecule has 1 amide bonds. The van der Waals surface area contributed by atoms with Crippen LogP contribution in [0.4, 0.5) is 4.79 Å². The molecule has 1 saturated heterocycles. The van der Waals surface area contributed by atoms with E-state index < -0.39 is 6.09 Å². The first kappa shape index (κ1) is 6.91. The highest BCUT2D eigenvalue weighted by molar-refractivity contribution is 5.65. The van der Waals surface area contributed by atoms with Crippen LogP contribution in [0.15, 0.2) is 0 Å². The number of epoxide rings is 1. The van der Waals surface area contributed by atoms with E-state index in [2.05, 4.69) is 5.32 Å². The van der Waals surface area contributed by atoms with Gasteiger partial charge in [-0.05, 0) is 19.3 Å². The van der Waals surface area contributed by atoms with Crippen LogP contribution in [0.5, 0.6) is 0 Å². The summed E-state index contributed by atoms with van der Waals surface area (Å²) in [6.07, 6.45) is 2.69. The summed E-state index contributed by atoms with van der Waals surface area (Å²) in [4.78, 5) is 10.3. The van der Waals surface area contributed by atoms with E-state index in [0.29, 0.717) is 6.10 Å². The summed E-state index contributed by atoms with van der Waals surface area (Å²) in [6, 6.07) is 0.0475. The van der Waals surface area contributed by atoms with Crippen LogP contribution in [-0.2, 0) is 4.74 Å². The molecule has 4 nitrogen and oxygen atoms in total. The smallest absolute Gasteiger partial charge is 0.404 e. The van der Waals surface area contributed by atoms with Crippen LogP contribution in [0.3, 0.4) is 0 Å². The van der Waals surface area contributed by atoms with Crippen LogP contribution < -0.4 is 5.32 Å². The molecule has 1 aliphatic carbocycles. The maximum Gasteiger partial charge on any atom is 0.404 e. The van der Waals surface area contributed by atoms with Gasteiger partial charge in [-0.15, -0.1) is 0 Å². The largest absolute Gasteiger partial charge is 0.465 e. The van der Waals surface area contributed by atoms with Crippen molar-refractivity contribution in [3.63, 3.8) is 0 Å². The number of carbonyl (C=O) groups is 1. The quantitative estimate of drug-likeness (QED) is 0.547. The first-order valence-corrected chi connectivity index (χ1v) is 3.92. The van der Waals surface area contributed by atoms with Crippen LogP contribution in [0.1, 0.15) is 19.3 Å². The van der Waals surface area contributed by atoms with Gasteiger partial charge in [-0.1, -0.05) is 0 Å². The Morgan fingerprint density at radius 2 is 2.36 bits per heavy atom. The summed E-state index contributed by atoms with van der Waals surface area (Å²) >= 11 is 0. The van der Waals surface area contributed by atoms with Crippen molar-refractivity contribution >= 4 is 6.09 Å². The third-order valence-electron chi connectivity index (χ3n) is 2.33. The maximum absolute atomic E-state index is 10.3. The summed E-state index contributed by atoms with van der Waals surface area (Å²) in [7, 11) is 0. The minimum atomic E-state index is -0.939. The molecule has 2 N–H and O–H groups in total. The first-order valence-electron chi connectivity index (χ1n) is 3.92. The van der Waals surface area contributed by atoms with Gasteiger partial charge < -0.3 is 15.2 Å². The van der Waals surface area contributed by atoms with Gasteiger partial charge in [-0.25, -0.2) is 4.79 Å². The maximum atomic E-state index is 10.3. The van der Waals surface area contributed by atoms with Gasteiger partial charge in [0.1, 0.15) is 6.10 Å². The van der Waals surface area contributed by atoms with Gasteiger partial charge >= 0.3 is 6.09 Å². The second kappa shape index (κ2) is 2.37. The molecule has 4 heteroatoms. The molecule has 2 rings (SSSR count). The Bertz CT molecular complexity index is 183. The standard InChI is InChI=1S/C7H11NO3/c9-7(10)8-4-2-1-3-5-6(4)11-5/h4-6,8H,1-3H2,(H,9,10)/t4?,5-,6+/m1/s1. The number of amides is 1. The van der Waals surface area contributed by atoms with Crippen LogP contribution in [0, 0.1) is 0 Å². The van der Waals surface area contributed by atoms with Crippen molar-refractivity contribution in [2.75, 3.05) is 0 Å². The van der Waals surface area contributed by atoms with E-state index >= 15 is 0 Å². The topological polar surface area (TPSA) is 61.9 Å². The Hall–Kier alpha value is -0.770. The summed E-state index contributed by atoms with van der Waals surface area (Å²) < 4.78 is 5.27. The van der Waals surface area contributed by atoms with E-state index in [-0.39, 0.29) is 12.1 Å². The lowest BCUT2D eigenvalue weighted by Crippen LogP contribution is -2.40. The average molecular weight is 157 g/mol. The molecule has 2 fully saturated rings. The van der Waals surface area contributed by atoms with Crippen molar-refractivity contribution < 1.29 is 14.6 Å². The van der Waals surface area contributed by atoms with E-state index in [0.717, 1.165) is 19.3 Å². The van der Waals surface area contributed by atoms with Gasteiger partial charge in [-0.3, -0.25) is 0 Å². The second-order valence-electron chi connectivity index (χ2n) is 3.13. The molecule has 1 aliphatic heterocycles. The summed E-state index contributed by atoms with van der Waals surface area (Å²) in [5.74, 6) is 0. The number of hydrogen-bond acceptors (Lipinski definition) is 2. The molecular formula is C7H11NO3. The molecule has 11 heavy (non-hydrogen) atoms. The van der Waals surface area contributed by atoms with Gasteiger partial charge in [-0.2, -0.15) is 0 Å². The lowest BCUT2D eigenvalue weighted by molar-refractivity contribution is 0.185. The number of carboxylic acid groups (broad SMARTS) is 1. The Labute approximate surface area is 64.5 Å². The van der Waals surface area contributed by atoms with Crippen molar-refractivity contribution in [1.82, 2.24) is 5.32 Å². The van der Waals surface area contributed by atoms with Crippen molar-refractivity contribution in [2.45, 2.75) is 37.5 Å². The van der Waals surface area contributed by atoms with Crippen LogP contribution >= 0.6 is 0 Å². The Morgan fingerprint density at radius 1 is 1.55 bits per heavy atom. The zero-order chi connectivity index (χ0) is 7.84.